The van der Waals surface area contributed by atoms with Crippen LogP contribution in [0.2, 0.25) is 0 Å². The first-order chi connectivity index (χ1) is 28.2. The molecule has 0 radical (unpaired) electrons. The molecule has 3 atom stereocenters. The number of carbonyl (C=O) groups excluding carboxylic acids is 4. The Labute approximate surface area is 408 Å². The number of hydrogen-bond donors (Lipinski definition) is 5. The van der Waals surface area contributed by atoms with Gasteiger partial charge in [-0.3, -0.25) is 33.3 Å². The maximum atomic E-state index is 13.1. The average Bonchev–Trinajstić information content (AvgIpc) is 3.13. The summed E-state index contributed by atoms with van der Waals surface area (Å²) >= 11 is 0. The number of rotatable bonds is 38. The van der Waals surface area contributed by atoms with Gasteiger partial charge in [0.25, 0.3) is 10.1 Å². The Morgan fingerprint density at radius 3 is 1.06 bits per heavy atom. The first kappa shape index (κ1) is 64.0. The van der Waals surface area contributed by atoms with Crippen LogP contribution in [0.4, 0.5) is 0 Å². The van der Waals surface area contributed by atoms with Gasteiger partial charge >= 0.3 is 107 Å². The van der Waals surface area contributed by atoms with E-state index in [0.29, 0.717) is 25.7 Å². The standard InChI is InChI=1S/C40H66O19S.2Na.2H/c1-3-5-7-9-11-13-15-17-19-21-23-56-34(46)28-39(37(49)50,26-31(41)42)58-33(45)25-30(60(53,54)55)36(48)59-40(38(51)52,27-32(43)44)29-35(47)57-24-22-20-18-16-14-12-10-8-6-4-2;;;;/h30H,3-29H2,1-2H3,(H,41,42)(H,43,44)(H,49,50)(H,51,52)(H,53,54,55);;;;. The van der Waals surface area contributed by atoms with E-state index in [0.717, 1.165) is 77.0 Å². The molecule has 0 heterocycles. The molecule has 0 aromatic heterocycles. The number of carboxylic acid groups (broad SMARTS) is 4. The predicted octanol–water partition coefficient (Wildman–Crippen LogP) is 4.73. The molecule has 0 aromatic carbocycles. The maximum absolute atomic E-state index is 13.1. The summed E-state index contributed by atoms with van der Waals surface area (Å²) in [6.45, 7) is 3.86. The SMILES string of the molecule is CCCCCCCCCCCCOC(=O)CC(CC(=O)O)(OC(=O)CC(C(=O)OC(CC(=O)O)(CC(=O)OCCCCCCCCCCCC)C(=O)O)S(=O)(=O)O)C(=O)O.[NaH].[NaH]. The van der Waals surface area contributed by atoms with E-state index in [1.54, 1.807) is 0 Å². The number of ether oxygens (including phenoxy) is 4. The van der Waals surface area contributed by atoms with Crippen molar-refractivity contribution in [3.8, 4) is 0 Å². The molecule has 0 aliphatic heterocycles. The Balaban J connectivity index is -0.0000174. The molecular weight excluding hydrogens is 862 g/mol. The molecule has 22 heteroatoms. The van der Waals surface area contributed by atoms with E-state index in [4.69, 9.17) is 18.9 Å². The van der Waals surface area contributed by atoms with Crippen LogP contribution in [0.1, 0.15) is 174 Å². The van der Waals surface area contributed by atoms with Crippen LogP contribution in [-0.2, 0) is 67.4 Å². The fourth-order valence-corrected chi connectivity index (χ4v) is 6.88. The molecule has 350 valence electrons. The van der Waals surface area contributed by atoms with Crippen molar-refractivity contribution in [1.82, 2.24) is 0 Å². The van der Waals surface area contributed by atoms with Crippen molar-refractivity contribution in [1.29, 1.82) is 0 Å². The quantitative estimate of drug-likeness (QED) is 0.0184. The number of unbranched alkanes of at least 4 members (excludes halogenated alkanes) is 18. The van der Waals surface area contributed by atoms with E-state index in [2.05, 4.69) is 13.8 Å². The van der Waals surface area contributed by atoms with Gasteiger partial charge in [-0.2, -0.15) is 8.42 Å². The molecule has 0 spiro atoms. The summed E-state index contributed by atoms with van der Waals surface area (Å²) in [5.41, 5.74) is -6.53. The van der Waals surface area contributed by atoms with Crippen molar-refractivity contribution >= 4 is 117 Å². The molecule has 0 rings (SSSR count). The van der Waals surface area contributed by atoms with Gasteiger partial charge in [0.1, 0.15) is 0 Å². The van der Waals surface area contributed by atoms with Crippen molar-refractivity contribution in [3.63, 3.8) is 0 Å². The molecule has 3 unspecified atom stereocenters. The van der Waals surface area contributed by atoms with Crippen molar-refractivity contribution in [2.75, 3.05) is 13.2 Å². The summed E-state index contributed by atoms with van der Waals surface area (Å²) in [7, 11) is -5.79. The number of carbonyl (C=O) groups is 8. The van der Waals surface area contributed by atoms with Crippen LogP contribution in [0.5, 0.6) is 0 Å². The second kappa shape index (κ2) is 36.0. The summed E-state index contributed by atoms with van der Waals surface area (Å²) in [6.07, 6.45) is 11.4. The van der Waals surface area contributed by atoms with Gasteiger partial charge < -0.3 is 39.4 Å². The third-order valence-corrected chi connectivity index (χ3v) is 10.7. The molecular formula is C40H68Na2O19S. The number of aliphatic carboxylic acids is 4. The topological polar surface area (TPSA) is 309 Å². The minimum absolute atomic E-state index is 0. The van der Waals surface area contributed by atoms with Crippen LogP contribution >= 0.6 is 0 Å². The average molecular weight is 931 g/mol. The second-order valence-corrected chi connectivity index (χ2v) is 16.6. The van der Waals surface area contributed by atoms with Crippen LogP contribution in [-0.4, -0.2) is 170 Å². The summed E-state index contributed by atoms with van der Waals surface area (Å²) < 4.78 is 53.9. The van der Waals surface area contributed by atoms with E-state index < -0.39 is 106 Å². The first-order valence-corrected chi connectivity index (χ1v) is 22.4. The fraction of sp³-hybridized carbons (Fsp3) is 0.800. The van der Waals surface area contributed by atoms with Crippen LogP contribution in [0, 0.1) is 0 Å². The summed E-state index contributed by atoms with van der Waals surface area (Å²) in [6, 6.07) is 0. The fourth-order valence-electron chi connectivity index (χ4n) is 6.25. The molecule has 0 saturated heterocycles. The molecule has 0 fully saturated rings. The van der Waals surface area contributed by atoms with Crippen LogP contribution in [0.25, 0.3) is 0 Å². The molecule has 0 aromatic rings. The zero-order valence-corrected chi connectivity index (χ0v) is 35.8. The van der Waals surface area contributed by atoms with Crippen LogP contribution in [0.15, 0.2) is 0 Å². The molecule has 0 bridgehead atoms. The van der Waals surface area contributed by atoms with Gasteiger partial charge in [-0.1, -0.05) is 129 Å². The Kier molecular flexibility index (Phi) is 37.1. The second-order valence-electron chi connectivity index (χ2n) is 15.0. The summed E-state index contributed by atoms with van der Waals surface area (Å²) in [5.74, 6) is -15.1. The molecule has 0 aliphatic carbocycles. The van der Waals surface area contributed by atoms with E-state index in [1.807, 2.05) is 0 Å². The summed E-state index contributed by atoms with van der Waals surface area (Å²) in [4.78, 5) is 99.3. The molecule has 0 aliphatic rings. The Bertz CT molecular complexity index is 1490. The predicted molar refractivity (Wildman–Crippen MR) is 227 cm³/mol. The zero-order valence-electron chi connectivity index (χ0n) is 35.0. The number of hydrogen-bond acceptors (Lipinski definition) is 14. The van der Waals surface area contributed by atoms with E-state index >= 15 is 0 Å². The van der Waals surface area contributed by atoms with Gasteiger partial charge in [0.15, 0.2) is 5.25 Å². The zero-order chi connectivity index (χ0) is 45.6. The van der Waals surface area contributed by atoms with Gasteiger partial charge in [0.05, 0.1) is 45.3 Å². The molecule has 19 nitrogen and oxygen atoms in total. The van der Waals surface area contributed by atoms with E-state index in [1.165, 1.54) is 25.7 Å². The monoisotopic (exact) mass is 930 g/mol. The molecule has 5 N–H and O–H groups in total. The van der Waals surface area contributed by atoms with E-state index in [-0.39, 0.29) is 72.3 Å². The van der Waals surface area contributed by atoms with Crippen LogP contribution < -0.4 is 0 Å². The Morgan fingerprint density at radius 2 is 0.774 bits per heavy atom. The van der Waals surface area contributed by atoms with E-state index in [9.17, 15) is 71.8 Å². The van der Waals surface area contributed by atoms with Gasteiger partial charge in [-0.05, 0) is 12.8 Å². The molecule has 0 saturated carbocycles. The summed E-state index contributed by atoms with van der Waals surface area (Å²) in [5, 5.41) is 35.5. The van der Waals surface area contributed by atoms with Crippen molar-refractivity contribution in [2.24, 2.45) is 0 Å². The van der Waals surface area contributed by atoms with Gasteiger partial charge in [-0.25, -0.2) is 9.59 Å². The molecule has 0 amide bonds. The Morgan fingerprint density at radius 1 is 0.468 bits per heavy atom. The number of carboxylic acids is 4. The number of esters is 4. The van der Waals surface area contributed by atoms with Crippen LogP contribution in [0.3, 0.4) is 0 Å². The van der Waals surface area contributed by atoms with Gasteiger partial charge in [0, 0.05) is 0 Å². The normalized spacial score (nSPS) is 13.4. The third-order valence-electron chi connectivity index (χ3n) is 9.61. The first-order valence-electron chi connectivity index (χ1n) is 20.9. The van der Waals surface area contributed by atoms with Crippen molar-refractivity contribution < 1.29 is 90.7 Å². The molecule has 62 heavy (non-hydrogen) atoms. The minimum atomic E-state index is -5.79. The van der Waals surface area contributed by atoms with Gasteiger partial charge in [-0.15, -0.1) is 0 Å². The Hall–Kier alpha value is -2.33. The van der Waals surface area contributed by atoms with Crippen molar-refractivity contribution in [3.05, 3.63) is 0 Å². The van der Waals surface area contributed by atoms with Crippen molar-refractivity contribution in [2.45, 2.75) is 191 Å². The van der Waals surface area contributed by atoms with Gasteiger partial charge in [0.2, 0.25) is 11.2 Å². The third kappa shape index (κ3) is 29.2.